The van der Waals surface area contributed by atoms with Gasteiger partial charge in [0, 0.05) is 17.5 Å². The van der Waals surface area contributed by atoms with E-state index in [-0.39, 0.29) is 18.3 Å². The minimum absolute atomic E-state index is 0. The van der Waals surface area contributed by atoms with E-state index >= 15 is 0 Å². The van der Waals surface area contributed by atoms with Crippen LogP contribution < -0.4 is 10.6 Å². The lowest BCUT2D eigenvalue weighted by molar-refractivity contribution is -0.117. The summed E-state index contributed by atoms with van der Waals surface area (Å²) in [4.78, 5) is 17.3. The first-order valence-electron chi connectivity index (χ1n) is 10.3. The fourth-order valence-corrected chi connectivity index (χ4v) is 3.97. The predicted octanol–water partition coefficient (Wildman–Crippen LogP) is 4.52. The van der Waals surface area contributed by atoms with Crippen LogP contribution in [0.4, 0.5) is 5.69 Å². The van der Waals surface area contributed by atoms with Crippen molar-refractivity contribution >= 4 is 24.0 Å². The topological polar surface area (TPSA) is 82.7 Å². The van der Waals surface area contributed by atoms with Crippen molar-refractivity contribution in [1.82, 2.24) is 20.5 Å². The standard InChI is InChI=1S/C23H27N5O.ClH/c1-16(17-11-13-24-14-12-17)15-21(29)25-20-10-6-5-9-19(20)23-26-22(27-28-23)18-7-3-2-4-8-18;/h2-10,16-17,24H,11-15H2,1H3,(H,25,29)(H,26,27,28);1H. The highest BCUT2D eigenvalue weighted by Gasteiger charge is 2.22. The summed E-state index contributed by atoms with van der Waals surface area (Å²) < 4.78 is 0. The average molecular weight is 426 g/mol. The molecule has 0 saturated carbocycles. The van der Waals surface area contributed by atoms with E-state index in [4.69, 9.17) is 0 Å². The number of benzene rings is 2. The Morgan fingerprint density at radius 2 is 1.80 bits per heavy atom. The van der Waals surface area contributed by atoms with Gasteiger partial charge >= 0.3 is 0 Å². The minimum Gasteiger partial charge on any atom is -0.325 e. The number of nitrogens with zero attached hydrogens (tertiary/aromatic N) is 2. The molecule has 1 atom stereocenters. The van der Waals surface area contributed by atoms with Gasteiger partial charge in [0.25, 0.3) is 0 Å². The highest BCUT2D eigenvalue weighted by atomic mass is 35.5. The molecule has 3 aromatic rings. The number of carbonyl (C=O) groups excluding carboxylic acids is 1. The predicted molar refractivity (Wildman–Crippen MR) is 123 cm³/mol. The monoisotopic (exact) mass is 425 g/mol. The Labute approximate surface area is 183 Å². The number of piperidine rings is 1. The molecule has 1 aromatic heterocycles. The number of aromatic amines is 1. The van der Waals surface area contributed by atoms with Crippen LogP contribution >= 0.6 is 12.4 Å². The smallest absolute Gasteiger partial charge is 0.224 e. The fourth-order valence-electron chi connectivity index (χ4n) is 3.97. The molecule has 2 heterocycles. The van der Waals surface area contributed by atoms with Crippen LogP contribution in [0.2, 0.25) is 0 Å². The van der Waals surface area contributed by atoms with Gasteiger partial charge in [-0.2, -0.15) is 5.10 Å². The third-order valence-electron chi connectivity index (χ3n) is 5.67. The first kappa shape index (κ1) is 22.0. The molecule has 1 fully saturated rings. The lowest BCUT2D eigenvalue weighted by Gasteiger charge is -2.28. The second-order valence-electron chi connectivity index (χ2n) is 7.74. The minimum atomic E-state index is 0. The van der Waals surface area contributed by atoms with E-state index in [1.165, 1.54) is 0 Å². The molecule has 0 bridgehead atoms. The lowest BCUT2D eigenvalue weighted by Crippen LogP contribution is -2.32. The number of para-hydroxylation sites is 1. The number of hydrogen-bond acceptors (Lipinski definition) is 4. The molecule has 0 aliphatic carbocycles. The lowest BCUT2D eigenvalue weighted by atomic mass is 9.84. The van der Waals surface area contributed by atoms with Gasteiger partial charge in [-0.25, -0.2) is 4.98 Å². The van der Waals surface area contributed by atoms with Crippen molar-refractivity contribution in [2.24, 2.45) is 11.8 Å². The van der Waals surface area contributed by atoms with Crippen LogP contribution in [0.25, 0.3) is 22.8 Å². The molecule has 158 valence electrons. The number of amides is 1. The second kappa shape index (κ2) is 10.4. The van der Waals surface area contributed by atoms with Crippen molar-refractivity contribution in [1.29, 1.82) is 0 Å². The van der Waals surface area contributed by atoms with Crippen LogP contribution in [0.3, 0.4) is 0 Å². The molecule has 1 unspecified atom stereocenters. The summed E-state index contributed by atoms with van der Waals surface area (Å²) in [6.07, 6.45) is 2.82. The molecule has 2 aromatic carbocycles. The molecule has 30 heavy (non-hydrogen) atoms. The molecule has 1 aliphatic rings. The molecule has 0 spiro atoms. The zero-order valence-electron chi connectivity index (χ0n) is 17.1. The summed E-state index contributed by atoms with van der Waals surface area (Å²) in [5.41, 5.74) is 2.54. The average Bonchev–Trinajstić information content (AvgIpc) is 3.25. The van der Waals surface area contributed by atoms with Crippen LogP contribution in [-0.2, 0) is 4.79 Å². The number of nitrogens with one attached hydrogen (secondary N) is 3. The van der Waals surface area contributed by atoms with E-state index in [0.29, 0.717) is 29.9 Å². The number of aromatic nitrogens is 3. The number of hydrogen-bond donors (Lipinski definition) is 3. The van der Waals surface area contributed by atoms with Crippen LogP contribution in [0.1, 0.15) is 26.2 Å². The molecule has 7 heteroatoms. The number of halogens is 1. The second-order valence-corrected chi connectivity index (χ2v) is 7.74. The van der Waals surface area contributed by atoms with Gasteiger partial charge in [0.15, 0.2) is 11.6 Å². The molecular weight excluding hydrogens is 398 g/mol. The van der Waals surface area contributed by atoms with Gasteiger partial charge in [0.2, 0.25) is 5.91 Å². The maximum atomic E-state index is 12.7. The first-order chi connectivity index (χ1) is 14.2. The van der Waals surface area contributed by atoms with E-state index < -0.39 is 0 Å². The summed E-state index contributed by atoms with van der Waals surface area (Å²) in [5.74, 6) is 2.32. The Morgan fingerprint density at radius 1 is 1.10 bits per heavy atom. The zero-order valence-corrected chi connectivity index (χ0v) is 17.9. The van der Waals surface area contributed by atoms with E-state index in [0.717, 1.165) is 42.7 Å². The summed E-state index contributed by atoms with van der Waals surface area (Å²) in [5, 5.41) is 13.8. The summed E-state index contributed by atoms with van der Waals surface area (Å²) in [7, 11) is 0. The van der Waals surface area contributed by atoms with Gasteiger partial charge < -0.3 is 10.6 Å². The van der Waals surface area contributed by atoms with Gasteiger partial charge in [-0.15, -0.1) is 12.4 Å². The molecule has 6 nitrogen and oxygen atoms in total. The third-order valence-corrected chi connectivity index (χ3v) is 5.67. The Morgan fingerprint density at radius 3 is 2.57 bits per heavy atom. The van der Waals surface area contributed by atoms with Crippen molar-refractivity contribution in [3.8, 4) is 22.8 Å². The molecule has 0 radical (unpaired) electrons. The first-order valence-corrected chi connectivity index (χ1v) is 10.3. The van der Waals surface area contributed by atoms with Gasteiger partial charge in [-0.1, -0.05) is 49.4 Å². The van der Waals surface area contributed by atoms with Gasteiger partial charge in [0.05, 0.1) is 5.69 Å². The van der Waals surface area contributed by atoms with Gasteiger partial charge in [0.1, 0.15) is 0 Å². The molecule has 1 aliphatic heterocycles. The summed E-state index contributed by atoms with van der Waals surface area (Å²) in [6, 6.07) is 17.6. The quantitative estimate of drug-likeness (QED) is 0.542. The van der Waals surface area contributed by atoms with Crippen molar-refractivity contribution in [2.45, 2.75) is 26.2 Å². The molecule has 3 N–H and O–H groups in total. The zero-order chi connectivity index (χ0) is 20.1. The maximum absolute atomic E-state index is 12.7. The maximum Gasteiger partial charge on any atom is 0.224 e. The highest BCUT2D eigenvalue weighted by molar-refractivity contribution is 5.94. The number of carbonyl (C=O) groups is 1. The van der Waals surface area contributed by atoms with Crippen LogP contribution in [0.5, 0.6) is 0 Å². The highest BCUT2D eigenvalue weighted by Crippen LogP contribution is 2.28. The fraction of sp³-hybridized carbons (Fsp3) is 0.348. The van der Waals surface area contributed by atoms with E-state index in [2.05, 4.69) is 32.7 Å². The van der Waals surface area contributed by atoms with Crippen LogP contribution in [-0.4, -0.2) is 34.2 Å². The van der Waals surface area contributed by atoms with Crippen molar-refractivity contribution in [3.05, 3.63) is 54.6 Å². The summed E-state index contributed by atoms with van der Waals surface area (Å²) >= 11 is 0. The number of anilines is 1. The normalized spacial score (nSPS) is 15.2. The van der Waals surface area contributed by atoms with E-state index in [9.17, 15) is 4.79 Å². The number of H-pyrrole nitrogens is 1. The Hall–Kier alpha value is -2.70. The Balaban J connectivity index is 0.00000256. The van der Waals surface area contributed by atoms with Gasteiger partial charge in [-0.05, 0) is 49.9 Å². The van der Waals surface area contributed by atoms with Crippen molar-refractivity contribution in [3.63, 3.8) is 0 Å². The van der Waals surface area contributed by atoms with E-state index in [1.807, 2.05) is 54.6 Å². The number of rotatable bonds is 6. The molecule has 4 rings (SSSR count). The third kappa shape index (κ3) is 5.26. The molecule has 1 saturated heterocycles. The van der Waals surface area contributed by atoms with E-state index in [1.54, 1.807) is 0 Å². The Bertz CT molecular complexity index is 953. The largest absolute Gasteiger partial charge is 0.325 e. The molecule has 1 amide bonds. The molecular formula is C23H28ClN5O. The SMILES string of the molecule is CC(CC(=O)Nc1ccccc1-c1nc(-c2ccccc2)n[nH]1)C1CCNCC1.Cl. The van der Waals surface area contributed by atoms with Gasteiger partial charge in [-0.3, -0.25) is 9.89 Å². The van der Waals surface area contributed by atoms with Crippen LogP contribution in [0.15, 0.2) is 54.6 Å². The van der Waals surface area contributed by atoms with Crippen molar-refractivity contribution in [2.75, 3.05) is 18.4 Å². The van der Waals surface area contributed by atoms with Crippen LogP contribution in [0, 0.1) is 11.8 Å². The van der Waals surface area contributed by atoms with Crippen molar-refractivity contribution < 1.29 is 4.79 Å². The Kier molecular flexibility index (Phi) is 7.60. The summed E-state index contributed by atoms with van der Waals surface area (Å²) in [6.45, 7) is 4.29.